The molecule has 0 spiro atoms. The molecule has 27 heavy (non-hydrogen) atoms. The Morgan fingerprint density at radius 1 is 1.44 bits per heavy atom. The molecule has 2 aromatic rings. The Morgan fingerprint density at radius 2 is 2.22 bits per heavy atom. The highest BCUT2D eigenvalue weighted by atomic mass is 127. The molecule has 0 amide bonds. The van der Waals surface area contributed by atoms with Gasteiger partial charge in [-0.05, 0) is 49.9 Å². The molecule has 0 saturated carbocycles. The molecular weight excluding hydrogens is 460 g/mol. The molecule has 3 N–H and O–H groups in total. The molecule has 0 fully saturated rings. The number of hydrogen-bond donors (Lipinski definition) is 3. The Hall–Kier alpha value is -1.84. The van der Waals surface area contributed by atoms with Crippen LogP contribution in [-0.2, 0) is 19.4 Å². The van der Waals surface area contributed by atoms with E-state index in [-0.39, 0.29) is 35.8 Å². The van der Waals surface area contributed by atoms with Gasteiger partial charge < -0.3 is 15.7 Å². The summed E-state index contributed by atoms with van der Waals surface area (Å²) in [6.07, 6.45) is 5.04. The van der Waals surface area contributed by atoms with Crippen molar-refractivity contribution in [2.45, 2.75) is 51.7 Å². The van der Waals surface area contributed by atoms with Crippen LogP contribution < -0.4 is 10.6 Å². The van der Waals surface area contributed by atoms with E-state index in [1.807, 2.05) is 4.68 Å². The third-order valence-electron chi connectivity index (χ3n) is 4.66. The molecule has 1 aliphatic carbocycles. The zero-order valence-electron chi connectivity index (χ0n) is 15.9. The smallest absolute Gasteiger partial charge is 0.191 e. The van der Waals surface area contributed by atoms with Crippen LogP contribution in [0.25, 0.3) is 0 Å². The summed E-state index contributed by atoms with van der Waals surface area (Å²) in [5, 5.41) is 20.6. The zero-order chi connectivity index (χ0) is 18.7. The van der Waals surface area contributed by atoms with Crippen molar-refractivity contribution in [1.29, 1.82) is 0 Å². The molecule has 8 heteroatoms. The number of phenols is 1. The highest BCUT2D eigenvalue weighted by Gasteiger charge is 2.23. The highest BCUT2D eigenvalue weighted by molar-refractivity contribution is 14.0. The first-order chi connectivity index (χ1) is 12.5. The summed E-state index contributed by atoms with van der Waals surface area (Å²) in [5.41, 5.74) is 3.22. The number of aromatic hydroxyl groups is 1. The lowest BCUT2D eigenvalue weighted by atomic mass is 9.94. The number of hydrogen-bond acceptors (Lipinski definition) is 3. The summed E-state index contributed by atoms with van der Waals surface area (Å²) in [6, 6.07) is 4.99. The molecule has 1 atom stereocenters. The fourth-order valence-electron chi connectivity index (χ4n) is 3.13. The van der Waals surface area contributed by atoms with Crippen LogP contribution in [0.5, 0.6) is 5.75 Å². The van der Waals surface area contributed by atoms with E-state index in [2.05, 4.69) is 35.7 Å². The number of aliphatic imine (C=N–C) groups is 1. The van der Waals surface area contributed by atoms with E-state index in [0.29, 0.717) is 18.5 Å². The fourth-order valence-corrected chi connectivity index (χ4v) is 3.13. The van der Waals surface area contributed by atoms with Gasteiger partial charge in [0.15, 0.2) is 17.5 Å². The number of nitrogens with zero attached hydrogens (tertiary/aromatic N) is 3. The van der Waals surface area contributed by atoms with E-state index in [4.69, 9.17) is 5.10 Å². The Morgan fingerprint density at radius 3 is 2.89 bits per heavy atom. The minimum Gasteiger partial charge on any atom is -0.505 e. The quantitative estimate of drug-likeness (QED) is 0.352. The number of phenolic OH excluding ortho intramolecular Hbond substituents is 1. The van der Waals surface area contributed by atoms with Crippen molar-refractivity contribution in [3.63, 3.8) is 0 Å². The van der Waals surface area contributed by atoms with E-state index in [1.165, 1.54) is 17.7 Å². The van der Waals surface area contributed by atoms with Gasteiger partial charge in [0.05, 0.1) is 5.69 Å². The summed E-state index contributed by atoms with van der Waals surface area (Å²) in [4.78, 5) is 4.25. The first-order valence-electron chi connectivity index (χ1n) is 8.97. The zero-order valence-corrected chi connectivity index (χ0v) is 18.2. The van der Waals surface area contributed by atoms with Gasteiger partial charge in [0.1, 0.15) is 0 Å². The molecular formula is C19H27FIN5O. The molecule has 1 aromatic carbocycles. The molecule has 3 rings (SSSR count). The minimum absolute atomic E-state index is 0. The minimum atomic E-state index is -0.618. The Kier molecular flexibility index (Phi) is 7.46. The van der Waals surface area contributed by atoms with Gasteiger partial charge in [-0.15, -0.1) is 24.0 Å². The van der Waals surface area contributed by atoms with Gasteiger partial charge in [-0.25, -0.2) is 4.39 Å². The predicted octanol–water partition coefficient (Wildman–Crippen LogP) is 3.15. The topological polar surface area (TPSA) is 74.5 Å². The molecule has 6 nitrogen and oxygen atoms in total. The third-order valence-corrected chi connectivity index (χ3v) is 4.66. The first kappa shape index (κ1) is 21.5. The van der Waals surface area contributed by atoms with Crippen molar-refractivity contribution in [2.75, 3.05) is 7.05 Å². The molecule has 1 unspecified atom stereocenters. The van der Waals surface area contributed by atoms with Crippen LogP contribution in [0.2, 0.25) is 0 Å². The van der Waals surface area contributed by atoms with Gasteiger partial charge in [0.25, 0.3) is 0 Å². The maximum atomic E-state index is 13.4. The standard InChI is InChI=1S/C19H26FN5O.HI/c1-12(2)25-11-14-5-6-15(9-17(14)24-25)23-19(21-3)22-10-13-4-7-18(26)16(20)8-13;/h4,7-8,11-12,15,26H,5-6,9-10H2,1-3H3,(H2,21,22,23);1H. The molecule has 148 valence electrons. The van der Waals surface area contributed by atoms with Crippen molar-refractivity contribution in [3.05, 3.63) is 47.0 Å². The fraction of sp³-hybridized carbons (Fsp3) is 0.474. The number of guanidine groups is 1. The number of aryl methyl sites for hydroxylation is 1. The lowest BCUT2D eigenvalue weighted by molar-refractivity contribution is 0.431. The summed E-state index contributed by atoms with van der Waals surface area (Å²) in [7, 11) is 1.72. The van der Waals surface area contributed by atoms with Crippen LogP contribution in [0.4, 0.5) is 4.39 Å². The second-order valence-electron chi connectivity index (χ2n) is 6.97. The van der Waals surface area contributed by atoms with Crippen LogP contribution >= 0.6 is 24.0 Å². The van der Waals surface area contributed by atoms with Crippen LogP contribution in [0.1, 0.15) is 43.1 Å². The molecule has 1 aromatic heterocycles. The predicted molar refractivity (Wildman–Crippen MR) is 115 cm³/mol. The monoisotopic (exact) mass is 487 g/mol. The van der Waals surface area contributed by atoms with Gasteiger partial charge in [0.2, 0.25) is 0 Å². The number of benzene rings is 1. The maximum Gasteiger partial charge on any atom is 0.191 e. The van der Waals surface area contributed by atoms with Gasteiger partial charge in [0, 0.05) is 38.3 Å². The van der Waals surface area contributed by atoms with Crippen molar-refractivity contribution >= 4 is 29.9 Å². The Balaban J connectivity index is 0.00000261. The second kappa shape index (κ2) is 9.38. The number of aromatic nitrogens is 2. The van der Waals surface area contributed by atoms with E-state index in [1.54, 1.807) is 13.1 Å². The van der Waals surface area contributed by atoms with Crippen LogP contribution in [0, 0.1) is 5.82 Å². The van der Waals surface area contributed by atoms with E-state index < -0.39 is 5.82 Å². The second-order valence-corrected chi connectivity index (χ2v) is 6.97. The average Bonchev–Trinajstić information content (AvgIpc) is 3.05. The Bertz CT molecular complexity index is 805. The van der Waals surface area contributed by atoms with Crippen molar-refractivity contribution in [1.82, 2.24) is 20.4 Å². The summed E-state index contributed by atoms with van der Waals surface area (Å²) in [5.74, 6) is -0.280. The number of halogens is 2. The van der Waals surface area contributed by atoms with Gasteiger partial charge >= 0.3 is 0 Å². The normalized spacial score (nSPS) is 16.6. The van der Waals surface area contributed by atoms with E-state index in [9.17, 15) is 9.50 Å². The van der Waals surface area contributed by atoms with E-state index in [0.717, 1.165) is 30.5 Å². The third kappa shape index (κ3) is 5.33. The molecule has 0 saturated heterocycles. The molecule has 0 bridgehead atoms. The van der Waals surface area contributed by atoms with Crippen LogP contribution in [0.3, 0.4) is 0 Å². The molecule has 1 aliphatic rings. The van der Waals surface area contributed by atoms with Crippen molar-refractivity contribution in [2.24, 2.45) is 4.99 Å². The van der Waals surface area contributed by atoms with Crippen molar-refractivity contribution < 1.29 is 9.50 Å². The van der Waals surface area contributed by atoms with Gasteiger partial charge in [-0.3, -0.25) is 9.67 Å². The molecule has 0 aliphatic heterocycles. The van der Waals surface area contributed by atoms with E-state index >= 15 is 0 Å². The number of rotatable bonds is 4. The summed E-state index contributed by atoms with van der Waals surface area (Å²) >= 11 is 0. The summed E-state index contributed by atoms with van der Waals surface area (Å²) < 4.78 is 15.5. The number of fused-ring (bicyclic) bond motifs is 1. The lowest BCUT2D eigenvalue weighted by Crippen LogP contribution is -2.45. The molecule has 1 heterocycles. The SMILES string of the molecule is CN=C(NCc1ccc(O)c(F)c1)NC1CCc2cn(C(C)C)nc2C1.I. The average molecular weight is 487 g/mol. The maximum absolute atomic E-state index is 13.4. The van der Waals surface area contributed by atoms with Crippen molar-refractivity contribution in [3.8, 4) is 5.75 Å². The largest absolute Gasteiger partial charge is 0.505 e. The first-order valence-corrected chi connectivity index (χ1v) is 8.97. The van der Waals surface area contributed by atoms with Gasteiger partial charge in [-0.1, -0.05) is 6.07 Å². The summed E-state index contributed by atoms with van der Waals surface area (Å²) in [6.45, 7) is 4.69. The van der Waals surface area contributed by atoms with Gasteiger partial charge in [-0.2, -0.15) is 5.10 Å². The lowest BCUT2D eigenvalue weighted by Gasteiger charge is -2.24. The Labute approximate surface area is 176 Å². The molecule has 0 radical (unpaired) electrons. The van der Waals surface area contributed by atoms with Crippen LogP contribution in [-0.4, -0.2) is 33.9 Å². The number of nitrogens with one attached hydrogen (secondary N) is 2. The highest BCUT2D eigenvalue weighted by Crippen LogP contribution is 2.22. The van der Waals surface area contributed by atoms with Crippen LogP contribution in [0.15, 0.2) is 29.4 Å².